The van der Waals surface area contributed by atoms with Crippen molar-refractivity contribution < 1.29 is 14.3 Å². The maximum absolute atomic E-state index is 12.5. The Morgan fingerprint density at radius 2 is 1.62 bits per heavy atom. The standard InChI is InChI=1S/C17H21NO3/c1-17(2,11-21-12-7-3-4-8-12)18-15(19)13-9-5-6-10-14(13)16(18)20/h5-6,9-10,12H,3-4,7-8,11H2,1-2H3. The molecule has 1 aliphatic heterocycles. The van der Waals surface area contributed by atoms with Gasteiger partial charge in [0.25, 0.3) is 11.8 Å². The minimum atomic E-state index is -0.629. The van der Waals surface area contributed by atoms with Crippen molar-refractivity contribution in [3.63, 3.8) is 0 Å². The summed E-state index contributed by atoms with van der Waals surface area (Å²) in [7, 11) is 0. The predicted molar refractivity (Wildman–Crippen MR) is 79.2 cm³/mol. The van der Waals surface area contributed by atoms with Crippen LogP contribution >= 0.6 is 0 Å². The summed E-state index contributed by atoms with van der Waals surface area (Å²) < 4.78 is 5.93. The third-order valence-corrected chi connectivity index (χ3v) is 4.37. The Morgan fingerprint density at radius 1 is 1.10 bits per heavy atom. The van der Waals surface area contributed by atoms with Gasteiger partial charge in [-0.25, -0.2) is 0 Å². The van der Waals surface area contributed by atoms with Gasteiger partial charge in [0.2, 0.25) is 0 Å². The summed E-state index contributed by atoms with van der Waals surface area (Å²) in [4.78, 5) is 26.4. The summed E-state index contributed by atoms with van der Waals surface area (Å²) in [6.45, 7) is 4.18. The first-order valence-electron chi connectivity index (χ1n) is 7.60. The molecule has 1 saturated carbocycles. The number of hydrogen-bond donors (Lipinski definition) is 0. The van der Waals surface area contributed by atoms with Crippen LogP contribution in [-0.4, -0.2) is 35.0 Å². The number of fused-ring (bicyclic) bond motifs is 1. The van der Waals surface area contributed by atoms with Gasteiger partial charge >= 0.3 is 0 Å². The van der Waals surface area contributed by atoms with E-state index in [0.717, 1.165) is 12.8 Å². The zero-order chi connectivity index (χ0) is 15.0. The quantitative estimate of drug-likeness (QED) is 0.800. The van der Waals surface area contributed by atoms with Crippen LogP contribution in [0.4, 0.5) is 0 Å². The molecule has 2 aliphatic rings. The van der Waals surface area contributed by atoms with Gasteiger partial charge in [-0.05, 0) is 38.8 Å². The Balaban J connectivity index is 1.76. The lowest BCUT2D eigenvalue weighted by molar-refractivity contribution is -0.0115. The minimum absolute atomic E-state index is 0.212. The van der Waals surface area contributed by atoms with Crippen molar-refractivity contribution >= 4 is 11.8 Å². The lowest BCUT2D eigenvalue weighted by Gasteiger charge is -2.34. The molecule has 0 saturated heterocycles. The van der Waals surface area contributed by atoms with Gasteiger partial charge in [0.05, 0.1) is 29.4 Å². The fourth-order valence-corrected chi connectivity index (χ4v) is 3.18. The van der Waals surface area contributed by atoms with Crippen LogP contribution in [0.2, 0.25) is 0 Å². The van der Waals surface area contributed by atoms with Crippen LogP contribution < -0.4 is 0 Å². The molecule has 0 N–H and O–H groups in total. The average molecular weight is 287 g/mol. The molecule has 0 spiro atoms. The van der Waals surface area contributed by atoms with Gasteiger partial charge in [0.15, 0.2) is 0 Å². The first-order chi connectivity index (χ1) is 10.0. The van der Waals surface area contributed by atoms with Crippen molar-refractivity contribution in [2.45, 2.75) is 51.2 Å². The van der Waals surface area contributed by atoms with Crippen LogP contribution in [0.15, 0.2) is 24.3 Å². The van der Waals surface area contributed by atoms with E-state index in [1.165, 1.54) is 17.7 Å². The van der Waals surface area contributed by atoms with Crippen LogP contribution in [0.25, 0.3) is 0 Å². The second-order valence-electron chi connectivity index (χ2n) is 6.52. The van der Waals surface area contributed by atoms with Gasteiger partial charge in [-0.15, -0.1) is 0 Å². The number of imide groups is 1. The highest BCUT2D eigenvalue weighted by Gasteiger charge is 2.44. The molecule has 0 aromatic heterocycles. The smallest absolute Gasteiger partial charge is 0.262 e. The summed E-state index contributed by atoms with van der Waals surface area (Å²) in [5.41, 5.74) is 0.364. The molecule has 1 aliphatic carbocycles. The molecule has 112 valence electrons. The molecule has 1 fully saturated rings. The van der Waals surface area contributed by atoms with E-state index < -0.39 is 5.54 Å². The third-order valence-electron chi connectivity index (χ3n) is 4.37. The molecule has 1 aromatic carbocycles. The topological polar surface area (TPSA) is 46.6 Å². The molecule has 4 nitrogen and oxygen atoms in total. The first-order valence-corrected chi connectivity index (χ1v) is 7.60. The minimum Gasteiger partial charge on any atom is -0.376 e. The SMILES string of the molecule is CC(C)(COC1CCCC1)N1C(=O)c2ccccc2C1=O. The highest BCUT2D eigenvalue weighted by Crippen LogP contribution is 2.30. The number of benzene rings is 1. The molecule has 3 rings (SSSR count). The van der Waals surface area contributed by atoms with Crippen molar-refractivity contribution in [3.8, 4) is 0 Å². The van der Waals surface area contributed by atoms with Crippen LogP contribution in [-0.2, 0) is 4.74 Å². The lowest BCUT2D eigenvalue weighted by Crippen LogP contribution is -2.51. The summed E-state index contributed by atoms with van der Waals surface area (Å²) >= 11 is 0. The predicted octanol–water partition coefficient (Wildman–Crippen LogP) is 3.02. The van der Waals surface area contributed by atoms with Crippen LogP contribution in [0, 0.1) is 0 Å². The van der Waals surface area contributed by atoms with E-state index in [2.05, 4.69) is 0 Å². The van der Waals surface area contributed by atoms with E-state index in [9.17, 15) is 9.59 Å². The van der Waals surface area contributed by atoms with Crippen LogP contribution in [0.1, 0.15) is 60.2 Å². The second kappa shape index (κ2) is 5.26. The molecule has 0 bridgehead atoms. The summed E-state index contributed by atoms with van der Waals surface area (Å²) in [5, 5.41) is 0. The third kappa shape index (κ3) is 2.48. The Hall–Kier alpha value is -1.68. The highest BCUT2D eigenvalue weighted by atomic mass is 16.5. The van der Waals surface area contributed by atoms with E-state index in [1.54, 1.807) is 24.3 Å². The summed E-state index contributed by atoms with van der Waals surface area (Å²) in [6.07, 6.45) is 4.85. The van der Waals surface area contributed by atoms with Crippen molar-refractivity contribution in [1.82, 2.24) is 4.90 Å². The van der Waals surface area contributed by atoms with Crippen LogP contribution in [0.5, 0.6) is 0 Å². The number of nitrogens with zero attached hydrogens (tertiary/aromatic N) is 1. The monoisotopic (exact) mass is 287 g/mol. The molecule has 1 heterocycles. The van der Waals surface area contributed by atoms with Gasteiger partial charge in [-0.1, -0.05) is 25.0 Å². The molecule has 0 unspecified atom stereocenters. The van der Waals surface area contributed by atoms with E-state index in [0.29, 0.717) is 17.7 Å². The Morgan fingerprint density at radius 3 is 2.14 bits per heavy atom. The molecule has 2 amide bonds. The largest absolute Gasteiger partial charge is 0.376 e. The summed E-state index contributed by atoms with van der Waals surface area (Å²) in [5.74, 6) is -0.425. The van der Waals surface area contributed by atoms with Crippen LogP contribution in [0.3, 0.4) is 0 Å². The van der Waals surface area contributed by atoms with Gasteiger partial charge in [-0.3, -0.25) is 14.5 Å². The Bertz CT molecular complexity index is 538. The highest BCUT2D eigenvalue weighted by molar-refractivity contribution is 6.21. The molecular weight excluding hydrogens is 266 g/mol. The number of amides is 2. The Kier molecular flexibility index (Phi) is 3.57. The fourth-order valence-electron chi connectivity index (χ4n) is 3.18. The molecule has 0 radical (unpaired) electrons. The molecule has 21 heavy (non-hydrogen) atoms. The van der Waals surface area contributed by atoms with Gasteiger partial charge in [0, 0.05) is 0 Å². The molecule has 0 atom stereocenters. The van der Waals surface area contributed by atoms with E-state index >= 15 is 0 Å². The lowest BCUT2D eigenvalue weighted by atomic mass is 10.0. The van der Waals surface area contributed by atoms with E-state index in [1.807, 2.05) is 13.8 Å². The van der Waals surface area contributed by atoms with Crippen molar-refractivity contribution in [3.05, 3.63) is 35.4 Å². The van der Waals surface area contributed by atoms with Gasteiger partial charge in [0.1, 0.15) is 0 Å². The van der Waals surface area contributed by atoms with Crippen molar-refractivity contribution in [2.24, 2.45) is 0 Å². The summed E-state index contributed by atoms with van der Waals surface area (Å²) in [6, 6.07) is 7.00. The van der Waals surface area contributed by atoms with Gasteiger partial charge < -0.3 is 4.74 Å². The van der Waals surface area contributed by atoms with E-state index in [4.69, 9.17) is 4.74 Å². The van der Waals surface area contributed by atoms with Crippen molar-refractivity contribution in [2.75, 3.05) is 6.61 Å². The number of carbonyl (C=O) groups is 2. The zero-order valence-electron chi connectivity index (χ0n) is 12.6. The fraction of sp³-hybridized carbons (Fsp3) is 0.529. The number of carbonyl (C=O) groups excluding carboxylic acids is 2. The maximum atomic E-state index is 12.5. The van der Waals surface area contributed by atoms with Gasteiger partial charge in [-0.2, -0.15) is 0 Å². The molecular formula is C17H21NO3. The number of rotatable bonds is 4. The number of hydrogen-bond acceptors (Lipinski definition) is 3. The zero-order valence-corrected chi connectivity index (χ0v) is 12.6. The van der Waals surface area contributed by atoms with Crippen molar-refractivity contribution in [1.29, 1.82) is 0 Å². The first kappa shape index (κ1) is 14.3. The number of ether oxygens (including phenoxy) is 1. The molecule has 4 heteroatoms. The average Bonchev–Trinajstić information content (AvgIpc) is 3.06. The maximum Gasteiger partial charge on any atom is 0.262 e. The second-order valence-corrected chi connectivity index (χ2v) is 6.52. The normalized spacial score (nSPS) is 19.4. The van der Waals surface area contributed by atoms with E-state index in [-0.39, 0.29) is 17.9 Å². The Labute approximate surface area is 125 Å². The molecule has 1 aromatic rings.